The van der Waals surface area contributed by atoms with Crippen LogP contribution in [0.3, 0.4) is 0 Å². The van der Waals surface area contributed by atoms with Crippen molar-refractivity contribution < 1.29 is 9.53 Å². The molecule has 0 unspecified atom stereocenters. The summed E-state index contributed by atoms with van der Waals surface area (Å²) in [6.45, 7) is 2.39. The molecule has 1 aliphatic heterocycles. The first-order chi connectivity index (χ1) is 11.8. The van der Waals surface area contributed by atoms with Gasteiger partial charge in [0, 0.05) is 24.9 Å². The molecule has 1 aromatic carbocycles. The van der Waals surface area contributed by atoms with Crippen molar-refractivity contribution in [2.75, 3.05) is 13.1 Å². The highest BCUT2D eigenvalue weighted by molar-refractivity contribution is 5.69. The number of ether oxygens (including phenoxy) is 1. The Morgan fingerprint density at radius 2 is 2.08 bits per heavy atom. The maximum Gasteiger partial charge on any atom is 0.306 e. The molecule has 2 heterocycles. The molecule has 24 heavy (non-hydrogen) atoms. The maximum atomic E-state index is 11.9. The van der Waals surface area contributed by atoms with Gasteiger partial charge in [0.2, 0.25) is 0 Å². The number of hydrogen-bond donors (Lipinski definition) is 0. The summed E-state index contributed by atoms with van der Waals surface area (Å²) in [4.78, 5) is 18.6. The number of benzene rings is 1. The topological polar surface area (TPSA) is 42.4 Å². The molecule has 1 fully saturated rings. The molecule has 0 N–H and O–H groups in total. The van der Waals surface area contributed by atoms with E-state index < -0.39 is 0 Å². The van der Waals surface area contributed by atoms with Crippen LogP contribution in [0.2, 0.25) is 0 Å². The lowest BCUT2D eigenvalue weighted by Gasteiger charge is -2.24. The first kappa shape index (κ1) is 16.7. The first-order valence-corrected chi connectivity index (χ1v) is 8.66. The number of likely N-dealkylation sites (tertiary alicyclic amines) is 1. The predicted octanol–water partition coefficient (Wildman–Crippen LogP) is 3.74. The van der Waals surface area contributed by atoms with Crippen molar-refractivity contribution in [1.82, 2.24) is 9.88 Å². The second kappa shape index (κ2) is 8.60. The third-order valence-electron chi connectivity index (χ3n) is 4.50. The summed E-state index contributed by atoms with van der Waals surface area (Å²) in [6, 6.07) is 14.4. The first-order valence-electron chi connectivity index (χ1n) is 8.66. The van der Waals surface area contributed by atoms with E-state index in [-0.39, 0.29) is 5.97 Å². The summed E-state index contributed by atoms with van der Waals surface area (Å²) in [6.07, 6.45) is 7.46. The highest BCUT2D eigenvalue weighted by atomic mass is 16.5. The van der Waals surface area contributed by atoms with Crippen molar-refractivity contribution in [3.8, 4) is 0 Å². The standard InChI is InChI=1S/C20H24N2O2/c23-20(24-16-17-7-2-1-3-8-17)11-6-14-22-13-5-10-19(22)18-9-4-12-21-15-18/h1-4,7-9,12,15,19H,5-6,10-11,13-14,16H2/t19-/m0/s1. The smallest absolute Gasteiger partial charge is 0.306 e. The van der Waals surface area contributed by atoms with Crippen LogP contribution in [0.4, 0.5) is 0 Å². The van der Waals surface area contributed by atoms with Crippen molar-refractivity contribution in [2.24, 2.45) is 0 Å². The number of nitrogens with zero attached hydrogens (tertiary/aromatic N) is 2. The molecule has 1 aromatic heterocycles. The third-order valence-corrected chi connectivity index (χ3v) is 4.50. The van der Waals surface area contributed by atoms with Gasteiger partial charge in [0.15, 0.2) is 0 Å². The van der Waals surface area contributed by atoms with Crippen LogP contribution >= 0.6 is 0 Å². The molecule has 3 rings (SSSR count). The minimum Gasteiger partial charge on any atom is -0.461 e. The zero-order chi connectivity index (χ0) is 16.6. The van der Waals surface area contributed by atoms with E-state index in [9.17, 15) is 4.79 Å². The van der Waals surface area contributed by atoms with Crippen molar-refractivity contribution >= 4 is 5.97 Å². The minimum absolute atomic E-state index is 0.115. The molecular weight excluding hydrogens is 300 g/mol. The number of hydrogen-bond acceptors (Lipinski definition) is 4. The van der Waals surface area contributed by atoms with Gasteiger partial charge in [-0.25, -0.2) is 0 Å². The minimum atomic E-state index is -0.115. The molecule has 0 radical (unpaired) electrons. The van der Waals surface area contributed by atoms with Gasteiger partial charge in [-0.2, -0.15) is 0 Å². The van der Waals surface area contributed by atoms with E-state index in [1.807, 2.05) is 48.8 Å². The number of pyridine rings is 1. The molecule has 4 nitrogen and oxygen atoms in total. The molecule has 0 bridgehead atoms. The summed E-state index contributed by atoms with van der Waals surface area (Å²) < 4.78 is 5.34. The van der Waals surface area contributed by atoms with Gasteiger partial charge >= 0.3 is 5.97 Å². The highest BCUT2D eigenvalue weighted by Crippen LogP contribution is 2.31. The van der Waals surface area contributed by atoms with Crippen molar-refractivity contribution in [2.45, 2.75) is 38.3 Å². The van der Waals surface area contributed by atoms with Gasteiger partial charge < -0.3 is 4.74 Å². The molecule has 126 valence electrons. The van der Waals surface area contributed by atoms with Crippen LogP contribution in [0.5, 0.6) is 0 Å². The average molecular weight is 324 g/mol. The van der Waals surface area contributed by atoms with E-state index in [1.54, 1.807) is 0 Å². The van der Waals surface area contributed by atoms with Crippen LogP contribution in [-0.2, 0) is 16.1 Å². The normalized spacial score (nSPS) is 17.8. The number of esters is 1. The molecular formula is C20H24N2O2. The van der Waals surface area contributed by atoms with E-state index in [4.69, 9.17) is 4.74 Å². The predicted molar refractivity (Wildman–Crippen MR) is 93.3 cm³/mol. The quantitative estimate of drug-likeness (QED) is 0.728. The Labute approximate surface area is 143 Å². The van der Waals surface area contributed by atoms with Gasteiger partial charge in [0.25, 0.3) is 0 Å². The van der Waals surface area contributed by atoms with E-state index in [2.05, 4.69) is 16.0 Å². The number of aromatic nitrogens is 1. The van der Waals surface area contributed by atoms with Crippen molar-refractivity contribution in [1.29, 1.82) is 0 Å². The molecule has 0 aliphatic carbocycles. The van der Waals surface area contributed by atoms with Crippen LogP contribution in [0, 0.1) is 0 Å². The van der Waals surface area contributed by atoms with Crippen LogP contribution in [0.1, 0.15) is 42.9 Å². The lowest BCUT2D eigenvalue weighted by molar-refractivity contribution is -0.145. The Morgan fingerprint density at radius 1 is 1.21 bits per heavy atom. The largest absolute Gasteiger partial charge is 0.461 e. The fourth-order valence-electron chi connectivity index (χ4n) is 3.28. The van der Waals surface area contributed by atoms with Gasteiger partial charge in [0.05, 0.1) is 0 Å². The molecule has 1 aliphatic rings. The van der Waals surface area contributed by atoms with Crippen LogP contribution in [-0.4, -0.2) is 28.9 Å². The van der Waals surface area contributed by atoms with Gasteiger partial charge in [-0.15, -0.1) is 0 Å². The SMILES string of the molecule is O=C(CCCN1CCC[C@H]1c1cccnc1)OCc1ccccc1. The van der Waals surface area contributed by atoms with Gasteiger partial charge in [0.1, 0.15) is 6.61 Å². The Kier molecular flexibility index (Phi) is 5.96. The Morgan fingerprint density at radius 3 is 2.88 bits per heavy atom. The lowest BCUT2D eigenvalue weighted by atomic mass is 10.1. The zero-order valence-corrected chi connectivity index (χ0v) is 13.9. The number of carbonyl (C=O) groups is 1. The molecule has 0 spiro atoms. The van der Waals surface area contributed by atoms with E-state index in [1.165, 1.54) is 18.4 Å². The lowest BCUT2D eigenvalue weighted by Crippen LogP contribution is -2.25. The van der Waals surface area contributed by atoms with Crippen LogP contribution < -0.4 is 0 Å². The summed E-state index contributed by atoms with van der Waals surface area (Å²) in [5.74, 6) is -0.115. The van der Waals surface area contributed by atoms with Crippen LogP contribution in [0.25, 0.3) is 0 Å². The molecule has 4 heteroatoms. The molecule has 1 atom stereocenters. The fraction of sp³-hybridized carbons (Fsp3) is 0.400. The highest BCUT2D eigenvalue weighted by Gasteiger charge is 2.25. The maximum absolute atomic E-state index is 11.9. The monoisotopic (exact) mass is 324 g/mol. The number of carbonyl (C=O) groups excluding carboxylic acids is 1. The average Bonchev–Trinajstić information content (AvgIpc) is 3.10. The van der Waals surface area contributed by atoms with Crippen LogP contribution in [0.15, 0.2) is 54.9 Å². The Bertz CT molecular complexity index is 631. The van der Waals surface area contributed by atoms with Gasteiger partial charge in [-0.3, -0.25) is 14.7 Å². The summed E-state index contributed by atoms with van der Waals surface area (Å²) in [5, 5.41) is 0. The van der Waals surface area contributed by atoms with Crippen molar-refractivity contribution in [3.05, 3.63) is 66.0 Å². The van der Waals surface area contributed by atoms with Crippen molar-refractivity contribution in [3.63, 3.8) is 0 Å². The van der Waals surface area contributed by atoms with Gasteiger partial charge in [-0.1, -0.05) is 36.4 Å². The zero-order valence-electron chi connectivity index (χ0n) is 13.9. The molecule has 0 amide bonds. The Hall–Kier alpha value is -2.20. The summed E-state index contributed by atoms with van der Waals surface area (Å²) in [5.41, 5.74) is 2.31. The Balaban J connectivity index is 1.40. The summed E-state index contributed by atoms with van der Waals surface area (Å²) >= 11 is 0. The van der Waals surface area contributed by atoms with E-state index in [0.717, 1.165) is 25.1 Å². The van der Waals surface area contributed by atoms with Gasteiger partial charge in [-0.05, 0) is 49.5 Å². The third kappa shape index (κ3) is 4.65. The van der Waals surface area contributed by atoms with E-state index in [0.29, 0.717) is 19.1 Å². The molecule has 0 saturated carbocycles. The fourth-order valence-corrected chi connectivity index (χ4v) is 3.28. The molecule has 2 aromatic rings. The molecule has 1 saturated heterocycles. The number of rotatable bonds is 7. The second-order valence-corrected chi connectivity index (χ2v) is 6.23. The van der Waals surface area contributed by atoms with E-state index >= 15 is 0 Å². The summed E-state index contributed by atoms with van der Waals surface area (Å²) in [7, 11) is 0. The second-order valence-electron chi connectivity index (χ2n) is 6.23.